The molecule has 0 aliphatic carbocycles. The minimum Gasteiger partial charge on any atom is -0.508 e. The van der Waals surface area contributed by atoms with Crippen molar-refractivity contribution < 1.29 is 9.90 Å². The van der Waals surface area contributed by atoms with Crippen LogP contribution in [0.4, 0.5) is 0 Å². The van der Waals surface area contributed by atoms with Crippen molar-refractivity contribution in [3.8, 4) is 11.8 Å². The fourth-order valence-electron chi connectivity index (χ4n) is 1.12. The van der Waals surface area contributed by atoms with Crippen molar-refractivity contribution in [2.75, 3.05) is 6.54 Å². The van der Waals surface area contributed by atoms with Crippen LogP contribution in [0.1, 0.15) is 23.2 Å². The van der Waals surface area contributed by atoms with Gasteiger partial charge in [0.25, 0.3) is 5.91 Å². The Labute approximate surface area is 88.2 Å². The summed E-state index contributed by atoms with van der Waals surface area (Å²) in [6, 6.07) is 8.14. The molecule has 0 unspecified atom stereocenters. The Bertz CT molecular complexity index is 382. The van der Waals surface area contributed by atoms with E-state index < -0.39 is 0 Å². The molecule has 0 atom stereocenters. The maximum atomic E-state index is 11.5. The van der Waals surface area contributed by atoms with Crippen LogP contribution in [0, 0.1) is 11.3 Å². The van der Waals surface area contributed by atoms with Gasteiger partial charge in [0.1, 0.15) is 5.75 Å². The summed E-state index contributed by atoms with van der Waals surface area (Å²) in [6.45, 7) is 0.474. The van der Waals surface area contributed by atoms with Gasteiger partial charge in [-0.15, -0.1) is 0 Å². The second kappa shape index (κ2) is 5.66. The Kier molecular flexibility index (Phi) is 4.17. The number of hydrogen-bond acceptors (Lipinski definition) is 3. The van der Waals surface area contributed by atoms with Crippen molar-refractivity contribution in [2.45, 2.75) is 12.8 Å². The van der Waals surface area contributed by atoms with Gasteiger partial charge < -0.3 is 10.4 Å². The Hall–Kier alpha value is -2.02. The molecule has 4 heteroatoms. The fraction of sp³-hybridized carbons (Fsp3) is 0.273. The summed E-state index contributed by atoms with van der Waals surface area (Å²) in [5, 5.41) is 20.1. The van der Waals surface area contributed by atoms with E-state index in [0.717, 1.165) is 0 Å². The van der Waals surface area contributed by atoms with Crippen LogP contribution >= 0.6 is 0 Å². The first-order valence-electron chi connectivity index (χ1n) is 4.68. The van der Waals surface area contributed by atoms with Gasteiger partial charge in [-0.2, -0.15) is 5.26 Å². The first-order chi connectivity index (χ1) is 7.24. The largest absolute Gasteiger partial charge is 0.508 e. The van der Waals surface area contributed by atoms with Crippen molar-refractivity contribution in [1.29, 1.82) is 5.26 Å². The van der Waals surface area contributed by atoms with Crippen LogP contribution in [0.3, 0.4) is 0 Å². The number of nitriles is 1. The maximum Gasteiger partial charge on any atom is 0.251 e. The van der Waals surface area contributed by atoms with E-state index in [4.69, 9.17) is 10.4 Å². The van der Waals surface area contributed by atoms with Crippen LogP contribution in [0.25, 0.3) is 0 Å². The van der Waals surface area contributed by atoms with Crippen LogP contribution in [-0.2, 0) is 0 Å². The van der Waals surface area contributed by atoms with Crippen molar-refractivity contribution in [1.82, 2.24) is 5.32 Å². The van der Waals surface area contributed by atoms with Crippen molar-refractivity contribution >= 4 is 5.91 Å². The molecule has 0 saturated carbocycles. The highest BCUT2D eigenvalue weighted by atomic mass is 16.3. The molecule has 4 nitrogen and oxygen atoms in total. The third kappa shape index (κ3) is 3.69. The van der Waals surface area contributed by atoms with Gasteiger partial charge in [-0.05, 0) is 24.6 Å². The van der Waals surface area contributed by atoms with E-state index in [9.17, 15) is 4.79 Å². The highest BCUT2D eigenvalue weighted by molar-refractivity contribution is 5.94. The minimum absolute atomic E-state index is 0.0691. The lowest BCUT2D eigenvalue weighted by Crippen LogP contribution is -2.24. The average Bonchev–Trinajstić information content (AvgIpc) is 2.24. The molecule has 0 radical (unpaired) electrons. The van der Waals surface area contributed by atoms with Crippen LogP contribution in [0.15, 0.2) is 24.3 Å². The predicted molar refractivity (Wildman–Crippen MR) is 55.3 cm³/mol. The summed E-state index contributed by atoms with van der Waals surface area (Å²) in [4.78, 5) is 11.5. The SMILES string of the molecule is N#CCCCNC(=O)c1cccc(O)c1. The topological polar surface area (TPSA) is 73.1 Å². The minimum atomic E-state index is -0.233. The van der Waals surface area contributed by atoms with E-state index in [1.807, 2.05) is 6.07 Å². The molecule has 0 bridgehead atoms. The number of carbonyl (C=O) groups is 1. The Morgan fingerprint density at radius 1 is 1.53 bits per heavy atom. The smallest absolute Gasteiger partial charge is 0.251 e. The molecule has 78 valence electrons. The number of hydrogen-bond donors (Lipinski definition) is 2. The second-order valence-corrected chi connectivity index (χ2v) is 3.07. The molecule has 2 N–H and O–H groups in total. The molecule has 0 heterocycles. The standard InChI is InChI=1S/C11H12N2O2/c12-6-1-2-7-13-11(15)9-4-3-5-10(14)8-9/h3-5,8,14H,1-2,7H2,(H,13,15). The molecular formula is C11H12N2O2. The molecule has 0 aromatic heterocycles. The van der Waals surface area contributed by atoms with Gasteiger partial charge in [0.15, 0.2) is 0 Å². The van der Waals surface area contributed by atoms with Crippen molar-refractivity contribution in [2.24, 2.45) is 0 Å². The van der Waals surface area contributed by atoms with Gasteiger partial charge >= 0.3 is 0 Å². The first kappa shape index (κ1) is 11.1. The maximum absolute atomic E-state index is 11.5. The Morgan fingerprint density at radius 3 is 3.00 bits per heavy atom. The fourth-order valence-corrected chi connectivity index (χ4v) is 1.12. The van der Waals surface area contributed by atoms with E-state index in [1.165, 1.54) is 12.1 Å². The number of phenols is 1. The Balaban J connectivity index is 2.44. The number of nitrogens with one attached hydrogen (secondary N) is 1. The van der Waals surface area contributed by atoms with Crippen molar-refractivity contribution in [3.63, 3.8) is 0 Å². The van der Waals surface area contributed by atoms with Gasteiger partial charge in [0, 0.05) is 18.5 Å². The van der Waals surface area contributed by atoms with Gasteiger partial charge in [0.05, 0.1) is 6.07 Å². The normalized spacial score (nSPS) is 9.27. The zero-order chi connectivity index (χ0) is 11.1. The summed E-state index contributed by atoms with van der Waals surface area (Å²) in [7, 11) is 0. The summed E-state index contributed by atoms with van der Waals surface area (Å²) >= 11 is 0. The molecule has 1 rings (SSSR count). The molecule has 1 amide bonds. The number of unbranched alkanes of at least 4 members (excludes halogenated alkanes) is 1. The quantitative estimate of drug-likeness (QED) is 0.728. The molecule has 1 aromatic rings. The number of rotatable bonds is 4. The summed E-state index contributed by atoms with van der Waals surface area (Å²) < 4.78 is 0. The predicted octanol–water partition coefficient (Wildman–Crippen LogP) is 1.43. The summed E-state index contributed by atoms with van der Waals surface area (Å²) in [5.41, 5.74) is 0.423. The number of benzene rings is 1. The highest BCUT2D eigenvalue weighted by Gasteiger charge is 2.04. The lowest BCUT2D eigenvalue weighted by atomic mass is 10.2. The third-order valence-corrected chi connectivity index (χ3v) is 1.86. The zero-order valence-electron chi connectivity index (χ0n) is 8.23. The lowest BCUT2D eigenvalue weighted by Gasteiger charge is -2.03. The average molecular weight is 204 g/mol. The van der Waals surface area contributed by atoms with Gasteiger partial charge in [-0.3, -0.25) is 4.79 Å². The van der Waals surface area contributed by atoms with Crippen LogP contribution < -0.4 is 5.32 Å². The molecular weight excluding hydrogens is 192 g/mol. The highest BCUT2D eigenvalue weighted by Crippen LogP contribution is 2.10. The molecule has 1 aromatic carbocycles. The summed E-state index contributed by atoms with van der Waals surface area (Å²) in [6.07, 6.45) is 1.07. The number of phenolic OH excluding ortho intramolecular Hbond substituents is 1. The van der Waals surface area contributed by atoms with Gasteiger partial charge in [-0.1, -0.05) is 6.07 Å². The number of nitrogens with zero attached hydrogens (tertiary/aromatic N) is 1. The van der Waals surface area contributed by atoms with Crippen LogP contribution in [-0.4, -0.2) is 17.6 Å². The number of carbonyl (C=O) groups excluding carboxylic acids is 1. The summed E-state index contributed by atoms with van der Waals surface area (Å²) in [5.74, 6) is -0.163. The van der Waals surface area contributed by atoms with E-state index in [1.54, 1.807) is 12.1 Å². The number of aromatic hydroxyl groups is 1. The monoisotopic (exact) mass is 204 g/mol. The first-order valence-corrected chi connectivity index (χ1v) is 4.68. The molecule has 0 spiro atoms. The van der Waals surface area contributed by atoms with Crippen molar-refractivity contribution in [3.05, 3.63) is 29.8 Å². The van der Waals surface area contributed by atoms with E-state index in [0.29, 0.717) is 24.9 Å². The van der Waals surface area contributed by atoms with Gasteiger partial charge in [-0.25, -0.2) is 0 Å². The molecule has 0 aliphatic heterocycles. The zero-order valence-corrected chi connectivity index (χ0v) is 8.23. The third-order valence-electron chi connectivity index (χ3n) is 1.86. The Morgan fingerprint density at radius 2 is 2.33 bits per heavy atom. The molecule has 0 aliphatic rings. The van der Waals surface area contributed by atoms with Gasteiger partial charge in [0.2, 0.25) is 0 Å². The second-order valence-electron chi connectivity index (χ2n) is 3.07. The van der Waals surface area contributed by atoms with Crippen LogP contribution in [0.2, 0.25) is 0 Å². The lowest BCUT2D eigenvalue weighted by molar-refractivity contribution is 0.0953. The van der Waals surface area contributed by atoms with Crippen LogP contribution in [0.5, 0.6) is 5.75 Å². The van der Waals surface area contributed by atoms with E-state index in [2.05, 4.69) is 5.32 Å². The number of amides is 1. The van der Waals surface area contributed by atoms with E-state index >= 15 is 0 Å². The molecule has 15 heavy (non-hydrogen) atoms. The molecule has 0 fully saturated rings. The van der Waals surface area contributed by atoms with E-state index in [-0.39, 0.29) is 11.7 Å². The molecule has 0 saturated heterocycles.